The van der Waals surface area contributed by atoms with E-state index >= 15 is 0 Å². The Hall–Kier alpha value is -3.15. The Morgan fingerprint density at radius 1 is 1.00 bits per heavy atom. The van der Waals surface area contributed by atoms with E-state index in [9.17, 15) is 14.4 Å². The van der Waals surface area contributed by atoms with Crippen molar-refractivity contribution in [3.05, 3.63) is 60.2 Å². The third kappa shape index (κ3) is 3.43. The summed E-state index contributed by atoms with van der Waals surface area (Å²) in [5.74, 6) is -1.21. The summed E-state index contributed by atoms with van der Waals surface area (Å²) in [6, 6.07) is 16.7. The normalized spacial score (nSPS) is 13.5. The van der Waals surface area contributed by atoms with Crippen molar-refractivity contribution >= 4 is 18.0 Å². The smallest absolute Gasteiger partial charge is 0.416 e. The van der Waals surface area contributed by atoms with Gasteiger partial charge in [-0.2, -0.15) is 0 Å². The van der Waals surface area contributed by atoms with Crippen LogP contribution >= 0.6 is 0 Å². The number of benzene rings is 2. The van der Waals surface area contributed by atoms with Crippen molar-refractivity contribution in [1.29, 1.82) is 0 Å². The maximum absolute atomic E-state index is 12.0. The van der Waals surface area contributed by atoms with Crippen LogP contribution in [0.4, 0.5) is 4.79 Å². The van der Waals surface area contributed by atoms with Gasteiger partial charge in [-0.15, -0.1) is 0 Å². The fourth-order valence-corrected chi connectivity index (χ4v) is 2.34. The highest BCUT2D eigenvalue weighted by molar-refractivity contribution is 5.96. The molecule has 0 bridgehead atoms. The van der Waals surface area contributed by atoms with Crippen molar-refractivity contribution in [2.45, 2.75) is 0 Å². The molecule has 24 heavy (non-hydrogen) atoms. The lowest BCUT2D eigenvalue weighted by Crippen LogP contribution is -2.35. The second kappa shape index (κ2) is 6.95. The Balaban J connectivity index is 1.59. The molecule has 2 aromatic carbocycles. The number of carbonyl (C=O) groups excluding carboxylic acids is 3. The second-order valence-electron chi connectivity index (χ2n) is 5.18. The molecule has 0 atom stereocenters. The fourth-order valence-electron chi connectivity index (χ4n) is 2.34. The first kappa shape index (κ1) is 15.7. The Labute approximate surface area is 138 Å². The molecule has 2 amide bonds. The minimum Gasteiger partial charge on any atom is -0.452 e. The molecule has 1 fully saturated rings. The predicted octanol–water partition coefficient (Wildman–Crippen LogP) is 2.49. The molecule has 0 aliphatic carbocycles. The van der Waals surface area contributed by atoms with Crippen LogP contribution in [0.15, 0.2) is 54.6 Å². The average Bonchev–Trinajstić information content (AvgIpc) is 3.06. The van der Waals surface area contributed by atoms with Crippen molar-refractivity contribution in [3.8, 4) is 11.1 Å². The predicted molar refractivity (Wildman–Crippen MR) is 85.2 cm³/mol. The van der Waals surface area contributed by atoms with Gasteiger partial charge in [0, 0.05) is 0 Å². The van der Waals surface area contributed by atoms with Crippen molar-refractivity contribution in [1.82, 2.24) is 4.90 Å². The Morgan fingerprint density at radius 3 is 2.29 bits per heavy atom. The number of ether oxygens (including phenoxy) is 2. The zero-order valence-corrected chi connectivity index (χ0v) is 12.8. The molecule has 3 rings (SSSR count). The summed E-state index contributed by atoms with van der Waals surface area (Å²) < 4.78 is 9.62. The van der Waals surface area contributed by atoms with Gasteiger partial charge in [0.1, 0.15) is 6.61 Å². The van der Waals surface area contributed by atoms with Crippen molar-refractivity contribution < 1.29 is 23.9 Å². The van der Waals surface area contributed by atoms with E-state index in [1.54, 1.807) is 12.1 Å². The van der Waals surface area contributed by atoms with Gasteiger partial charge >= 0.3 is 12.1 Å². The zero-order valence-electron chi connectivity index (χ0n) is 12.8. The van der Waals surface area contributed by atoms with E-state index in [2.05, 4.69) is 4.74 Å². The van der Waals surface area contributed by atoms with E-state index in [1.807, 2.05) is 42.5 Å². The number of hydrogen-bond acceptors (Lipinski definition) is 5. The van der Waals surface area contributed by atoms with Gasteiger partial charge in [0.2, 0.25) is 0 Å². The van der Waals surface area contributed by atoms with Crippen molar-refractivity contribution in [3.63, 3.8) is 0 Å². The third-order valence-corrected chi connectivity index (χ3v) is 3.62. The van der Waals surface area contributed by atoms with Gasteiger partial charge in [-0.1, -0.05) is 42.5 Å². The average molecular weight is 325 g/mol. The van der Waals surface area contributed by atoms with Crippen molar-refractivity contribution in [2.75, 3.05) is 19.8 Å². The van der Waals surface area contributed by atoms with Gasteiger partial charge in [-0.25, -0.2) is 14.5 Å². The summed E-state index contributed by atoms with van der Waals surface area (Å²) in [4.78, 5) is 35.9. The lowest BCUT2D eigenvalue weighted by molar-refractivity contribution is -0.131. The quantitative estimate of drug-likeness (QED) is 0.808. The fraction of sp³-hybridized carbons (Fsp3) is 0.167. The van der Waals surface area contributed by atoms with Crippen LogP contribution < -0.4 is 0 Å². The van der Waals surface area contributed by atoms with Crippen LogP contribution in [0.1, 0.15) is 10.4 Å². The maximum atomic E-state index is 12.0. The van der Waals surface area contributed by atoms with E-state index in [-0.39, 0.29) is 13.2 Å². The second-order valence-corrected chi connectivity index (χ2v) is 5.18. The van der Waals surface area contributed by atoms with E-state index in [4.69, 9.17) is 4.74 Å². The molecule has 122 valence electrons. The van der Waals surface area contributed by atoms with Crippen LogP contribution in [0.3, 0.4) is 0 Å². The lowest BCUT2D eigenvalue weighted by atomic mass is 10.0. The number of rotatable bonds is 4. The Morgan fingerprint density at radius 2 is 1.67 bits per heavy atom. The number of cyclic esters (lactones) is 1. The molecule has 2 aromatic rings. The minimum atomic E-state index is -0.705. The highest BCUT2D eigenvalue weighted by Crippen LogP contribution is 2.19. The van der Waals surface area contributed by atoms with Crippen LogP contribution in [0, 0.1) is 0 Å². The molecule has 0 N–H and O–H groups in total. The number of imide groups is 1. The first-order valence-corrected chi connectivity index (χ1v) is 7.45. The van der Waals surface area contributed by atoms with E-state index in [0.29, 0.717) is 5.56 Å². The maximum Gasteiger partial charge on any atom is 0.416 e. The number of esters is 1. The first-order valence-electron chi connectivity index (χ1n) is 7.45. The van der Waals surface area contributed by atoms with Crippen LogP contribution in [0.25, 0.3) is 11.1 Å². The van der Waals surface area contributed by atoms with Gasteiger partial charge < -0.3 is 9.47 Å². The van der Waals surface area contributed by atoms with E-state index in [1.165, 1.54) is 0 Å². The van der Waals surface area contributed by atoms with Crippen molar-refractivity contribution in [2.24, 2.45) is 0 Å². The minimum absolute atomic E-state index is 0.166. The highest BCUT2D eigenvalue weighted by atomic mass is 16.6. The summed E-state index contributed by atoms with van der Waals surface area (Å²) in [6.45, 7) is -0.144. The van der Waals surface area contributed by atoms with Gasteiger partial charge in [0.05, 0.1) is 12.1 Å². The van der Waals surface area contributed by atoms with Crippen LogP contribution in [0.5, 0.6) is 0 Å². The van der Waals surface area contributed by atoms with E-state index in [0.717, 1.165) is 16.0 Å². The van der Waals surface area contributed by atoms with Gasteiger partial charge in [0.25, 0.3) is 5.91 Å². The molecule has 1 aliphatic heterocycles. The monoisotopic (exact) mass is 325 g/mol. The standard InChI is InChI=1S/C18H15NO5/c20-16(19-10-11-23-18(19)22)12-24-17(21)15-8-6-14(7-9-15)13-4-2-1-3-5-13/h1-9H,10-12H2. The summed E-state index contributed by atoms with van der Waals surface area (Å²) in [5, 5.41) is 0. The molecule has 0 spiro atoms. The molecule has 1 heterocycles. The van der Waals surface area contributed by atoms with Gasteiger partial charge in [-0.3, -0.25) is 4.79 Å². The first-order chi connectivity index (χ1) is 11.6. The molecule has 0 radical (unpaired) electrons. The topological polar surface area (TPSA) is 72.9 Å². The highest BCUT2D eigenvalue weighted by Gasteiger charge is 2.29. The molecule has 6 nitrogen and oxygen atoms in total. The number of carbonyl (C=O) groups is 3. The molecular formula is C18H15NO5. The molecule has 6 heteroatoms. The Kier molecular flexibility index (Phi) is 4.56. The van der Waals surface area contributed by atoms with Crippen LogP contribution in [-0.4, -0.2) is 42.6 Å². The molecule has 0 unspecified atom stereocenters. The lowest BCUT2D eigenvalue weighted by Gasteiger charge is -2.11. The SMILES string of the molecule is O=C(OCC(=O)N1CCOC1=O)c1ccc(-c2ccccc2)cc1. The molecule has 1 saturated heterocycles. The molecular weight excluding hydrogens is 310 g/mol. The summed E-state index contributed by atoms with van der Waals surface area (Å²) >= 11 is 0. The number of amides is 2. The summed E-state index contributed by atoms with van der Waals surface area (Å²) in [7, 11) is 0. The summed E-state index contributed by atoms with van der Waals surface area (Å²) in [5.41, 5.74) is 2.36. The van der Waals surface area contributed by atoms with E-state index < -0.39 is 24.6 Å². The van der Waals surface area contributed by atoms with Crippen LogP contribution in [-0.2, 0) is 14.3 Å². The number of nitrogens with zero attached hydrogens (tertiary/aromatic N) is 1. The zero-order chi connectivity index (χ0) is 16.9. The van der Waals surface area contributed by atoms with Gasteiger partial charge in [-0.05, 0) is 23.3 Å². The largest absolute Gasteiger partial charge is 0.452 e. The third-order valence-electron chi connectivity index (χ3n) is 3.62. The van der Waals surface area contributed by atoms with Crippen LogP contribution in [0.2, 0.25) is 0 Å². The molecule has 0 saturated carbocycles. The summed E-state index contributed by atoms with van der Waals surface area (Å²) in [6.07, 6.45) is -0.705. The number of hydrogen-bond donors (Lipinski definition) is 0. The molecule has 1 aliphatic rings. The van der Waals surface area contributed by atoms with Gasteiger partial charge in [0.15, 0.2) is 6.61 Å². The Bertz CT molecular complexity index is 755. The molecule has 0 aromatic heterocycles.